The van der Waals surface area contributed by atoms with Crippen LogP contribution in [-0.4, -0.2) is 37.0 Å². The first-order valence-corrected chi connectivity index (χ1v) is 8.39. The van der Waals surface area contributed by atoms with Crippen LogP contribution < -0.4 is 0 Å². The van der Waals surface area contributed by atoms with Gasteiger partial charge in [0.05, 0.1) is 6.61 Å². The summed E-state index contributed by atoms with van der Waals surface area (Å²) in [5.74, 6) is 2.39. The minimum absolute atomic E-state index is 0.0824. The van der Waals surface area contributed by atoms with Crippen molar-refractivity contribution >= 4 is 11.9 Å². The van der Waals surface area contributed by atoms with Gasteiger partial charge in [-0.2, -0.15) is 0 Å². The molecule has 4 heteroatoms. The number of nitrogens with zero attached hydrogens (tertiary/aromatic N) is 1. The Balaban J connectivity index is 1.58. The fraction of sp³-hybridized carbons (Fsp3) is 0.882. The molecule has 0 spiro atoms. The molecule has 0 unspecified atom stereocenters. The maximum Gasteiger partial charge on any atom is 0.325 e. The molecule has 0 N–H and O–H groups in total. The molecule has 118 valence electrons. The smallest absolute Gasteiger partial charge is 0.325 e. The van der Waals surface area contributed by atoms with Crippen molar-refractivity contribution in [2.45, 2.75) is 51.9 Å². The van der Waals surface area contributed by atoms with E-state index in [0.717, 1.165) is 17.8 Å². The zero-order valence-electron chi connectivity index (χ0n) is 13.3. The van der Waals surface area contributed by atoms with Crippen LogP contribution in [0.15, 0.2) is 0 Å². The van der Waals surface area contributed by atoms with Gasteiger partial charge in [-0.1, -0.05) is 0 Å². The lowest BCUT2D eigenvalue weighted by molar-refractivity contribution is -0.150. The molecule has 0 aromatic carbocycles. The van der Waals surface area contributed by atoms with Crippen LogP contribution >= 0.6 is 0 Å². The highest BCUT2D eigenvalue weighted by Gasteiger charge is 2.51. The molecule has 4 aliphatic carbocycles. The first-order valence-electron chi connectivity index (χ1n) is 8.39. The van der Waals surface area contributed by atoms with Crippen LogP contribution in [-0.2, 0) is 14.3 Å². The van der Waals surface area contributed by atoms with Gasteiger partial charge in [0.15, 0.2) is 0 Å². The van der Waals surface area contributed by atoms with Crippen LogP contribution in [0.3, 0.4) is 0 Å². The number of esters is 1. The fourth-order valence-electron chi connectivity index (χ4n) is 5.45. The number of ether oxygens (including phenoxy) is 1. The molecule has 0 radical (unpaired) electrons. The lowest BCUT2D eigenvalue weighted by Crippen LogP contribution is -2.48. The van der Waals surface area contributed by atoms with Crippen molar-refractivity contribution in [1.29, 1.82) is 0 Å². The summed E-state index contributed by atoms with van der Waals surface area (Å²) in [6.45, 7) is 2.24. The Labute approximate surface area is 127 Å². The van der Waals surface area contributed by atoms with Gasteiger partial charge in [0.25, 0.3) is 0 Å². The molecule has 0 saturated heterocycles. The molecule has 4 rings (SSSR count). The molecule has 0 aliphatic heterocycles. The second-order valence-corrected chi connectivity index (χ2v) is 7.65. The Morgan fingerprint density at radius 3 is 2.10 bits per heavy atom. The van der Waals surface area contributed by atoms with Crippen molar-refractivity contribution in [2.24, 2.45) is 23.2 Å². The fourth-order valence-corrected chi connectivity index (χ4v) is 5.45. The van der Waals surface area contributed by atoms with E-state index in [2.05, 4.69) is 0 Å². The number of carbonyl (C=O) groups excluding carboxylic acids is 2. The highest BCUT2D eigenvalue weighted by molar-refractivity contribution is 5.82. The molecule has 0 heterocycles. The molecule has 0 atom stereocenters. The van der Waals surface area contributed by atoms with Gasteiger partial charge in [-0.25, -0.2) is 0 Å². The Morgan fingerprint density at radius 1 is 1.10 bits per heavy atom. The van der Waals surface area contributed by atoms with Crippen LogP contribution in [0.4, 0.5) is 0 Å². The third-order valence-electron chi connectivity index (χ3n) is 5.79. The average molecular weight is 293 g/mol. The molecule has 4 aliphatic rings. The largest absolute Gasteiger partial charge is 0.465 e. The predicted molar refractivity (Wildman–Crippen MR) is 79.5 cm³/mol. The van der Waals surface area contributed by atoms with E-state index in [9.17, 15) is 9.59 Å². The van der Waals surface area contributed by atoms with Gasteiger partial charge in [-0.15, -0.1) is 0 Å². The first kappa shape index (κ1) is 14.9. The summed E-state index contributed by atoms with van der Waals surface area (Å²) in [5, 5.41) is 0. The van der Waals surface area contributed by atoms with E-state index >= 15 is 0 Å². The highest BCUT2D eigenvalue weighted by atomic mass is 16.5. The number of hydrogen-bond donors (Lipinski definition) is 0. The zero-order valence-corrected chi connectivity index (χ0v) is 13.3. The van der Waals surface area contributed by atoms with Crippen LogP contribution in [0.5, 0.6) is 0 Å². The maximum absolute atomic E-state index is 12.5. The molecule has 21 heavy (non-hydrogen) atoms. The van der Waals surface area contributed by atoms with Gasteiger partial charge >= 0.3 is 5.97 Å². The molecule has 4 nitrogen and oxygen atoms in total. The lowest BCUT2D eigenvalue weighted by atomic mass is 9.49. The summed E-state index contributed by atoms with van der Waals surface area (Å²) in [7, 11) is 1.72. The van der Waals surface area contributed by atoms with Crippen molar-refractivity contribution in [3.8, 4) is 0 Å². The summed E-state index contributed by atoms with van der Waals surface area (Å²) >= 11 is 0. The monoisotopic (exact) mass is 293 g/mol. The van der Waals surface area contributed by atoms with Gasteiger partial charge in [-0.05, 0) is 68.6 Å². The summed E-state index contributed by atoms with van der Waals surface area (Å²) in [4.78, 5) is 25.5. The van der Waals surface area contributed by atoms with E-state index in [1.54, 1.807) is 18.9 Å². The zero-order chi connectivity index (χ0) is 15.0. The van der Waals surface area contributed by atoms with Crippen LogP contribution in [0.25, 0.3) is 0 Å². The van der Waals surface area contributed by atoms with Gasteiger partial charge in [-0.3, -0.25) is 9.59 Å². The topological polar surface area (TPSA) is 46.6 Å². The molecule has 0 aromatic heterocycles. The molecule has 4 saturated carbocycles. The standard InChI is InChI=1S/C17H27NO3/c1-3-21-16(20)11-18(2)15(19)10-17-7-12-4-13(8-17)6-14(5-12)9-17/h12-14H,3-11H2,1-2H3. The van der Waals surface area contributed by atoms with Crippen molar-refractivity contribution in [3.05, 3.63) is 0 Å². The van der Waals surface area contributed by atoms with Gasteiger partial charge in [0.2, 0.25) is 5.91 Å². The van der Waals surface area contributed by atoms with E-state index in [1.165, 1.54) is 38.5 Å². The van der Waals surface area contributed by atoms with E-state index in [4.69, 9.17) is 4.74 Å². The minimum atomic E-state index is -0.307. The molecule has 4 fully saturated rings. The van der Waals surface area contributed by atoms with Crippen molar-refractivity contribution in [2.75, 3.05) is 20.2 Å². The van der Waals surface area contributed by atoms with E-state index in [-0.39, 0.29) is 23.8 Å². The van der Waals surface area contributed by atoms with Crippen LogP contribution in [0, 0.1) is 23.2 Å². The van der Waals surface area contributed by atoms with E-state index in [1.807, 2.05) is 0 Å². The number of hydrogen-bond acceptors (Lipinski definition) is 3. The summed E-state index contributed by atoms with van der Waals surface area (Å²) in [6.07, 6.45) is 8.52. The second kappa shape index (κ2) is 5.62. The Hall–Kier alpha value is -1.06. The number of likely N-dealkylation sites (N-methyl/N-ethyl adjacent to an activating group) is 1. The minimum Gasteiger partial charge on any atom is -0.465 e. The SMILES string of the molecule is CCOC(=O)CN(C)C(=O)CC12CC3CC(CC(C3)C1)C2. The molecule has 4 bridgehead atoms. The van der Waals surface area contributed by atoms with E-state index < -0.39 is 0 Å². The second-order valence-electron chi connectivity index (χ2n) is 7.65. The summed E-state index contributed by atoms with van der Waals surface area (Å²) in [5.41, 5.74) is 0.245. The highest BCUT2D eigenvalue weighted by Crippen LogP contribution is 2.61. The van der Waals surface area contributed by atoms with Gasteiger partial charge < -0.3 is 9.64 Å². The van der Waals surface area contributed by atoms with Crippen LogP contribution in [0.1, 0.15) is 51.9 Å². The van der Waals surface area contributed by atoms with Gasteiger partial charge in [0.1, 0.15) is 6.54 Å². The Morgan fingerprint density at radius 2 is 1.62 bits per heavy atom. The first-order chi connectivity index (χ1) is 9.99. The van der Waals surface area contributed by atoms with Crippen molar-refractivity contribution < 1.29 is 14.3 Å². The number of amides is 1. The predicted octanol–water partition coefficient (Wildman–Crippen LogP) is 2.61. The number of rotatable bonds is 5. The maximum atomic E-state index is 12.5. The van der Waals surface area contributed by atoms with E-state index in [0.29, 0.717) is 13.0 Å². The van der Waals surface area contributed by atoms with Crippen molar-refractivity contribution in [3.63, 3.8) is 0 Å². The molecular formula is C17H27NO3. The normalized spacial score (nSPS) is 36.6. The Bertz CT molecular complexity index is 396. The molecular weight excluding hydrogens is 266 g/mol. The molecule has 1 amide bonds. The van der Waals surface area contributed by atoms with Gasteiger partial charge in [0, 0.05) is 13.5 Å². The van der Waals surface area contributed by atoms with Crippen molar-refractivity contribution in [1.82, 2.24) is 4.90 Å². The Kier molecular flexibility index (Phi) is 3.98. The average Bonchev–Trinajstić information content (AvgIpc) is 2.36. The lowest BCUT2D eigenvalue weighted by Gasteiger charge is -2.56. The quantitative estimate of drug-likeness (QED) is 0.732. The third kappa shape index (κ3) is 3.09. The molecule has 0 aromatic rings. The third-order valence-corrected chi connectivity index (χ3v) is 5.79. The van der Waals surface area contributed by atoms with Crippen LogP contribution in [0.2, 0.25) is 0 Å². The number of carbonyl (C=O) groups is 2. The summed E-state index contributed by atoms with van der Waals surface area (Å²) < 4.78 is 4.92. The summed E-state index contributed by atoms with van der Waals surface area (Å²) in [6, 6.07) is 0.